The Labute approximate surface area is 101 Å². The van der Waals surface area contributed by atoms with Gasteiger partial charge in [-0.15, -0.1) is 11.3 Å². The van der Waals surface area contributed by atoms with Gasteiger partial charge in [-0.05, 0) is 32.6 Å². The van der Waals surface area contributed by atoms with Crippen molar-refractivity contribution < 1.29 is 4.74 Å². The maximum absolute atomic E-state index is 6.17. The highest BCUT2D eigenvalue weighted by Gasteiger charge is 2.38. The van der Waals surface area contributed by atoms with Crippen molar-refractivity contribution in [3.63, 3.8) is 0 Å². The number of nitrogens with zero attached hydrogens (tertiary/aromatic N) is 1. The Bertz CT molecular complexity index is 341. The highest BCUT2D eigenvalue weighted by atomic mass is 32.1. The fraction of sp³-hybridized carbons (Fsp3) is 0.750. The second-order valence-corrected chi connectivity index (χ2v) is 5.73. The predicted molar refractivity (Wildman–Crippen MR) is 66.7 cm³/mol. The van der Waals surface area contributed by atoms with Gasteiger partial charge in [-0.1, -0.05) is 0 Å². The van der Waals surface area contributed by atoms with Gasteiger partial charge in [0.1, 0.15) is 0 Å². The summed E-state index contributed by atoms with van der Waals surface area (Å²) < 4.78 is 5.59. The van der Waals surface area contributed by atoms with Gasteiger partial charge in [0, 0.05) is 30.6 Å². The Balaban J connectivity index is 1.86. The van der Waals surface area contributed by atoms with Crippen molar-refractivity contribution in [3.8, 4) is 0 Å². The molecule has 1 aromatic rings. The van der Waals surface area contributed by atoms with Crippen LogP contribution in [0.5, 0.6) is 0 Å². The summed E-state index contributed by atoms with van der Waals surface area (Å²) >= 11 is 1.71. The summed E-state index contributed by atoms with van der Waals surface area (Å²) in [5.41, 5.74) is 7.34. The third-order valence-corrected chi connectivity index (χ3v) is 4.42. The molecule has 1 heterocycles. The van der Waals surface area contributed by atoms with E-state index in [4.69, 9.17) is 10.5 Å². The number of rotatable bonds is 5. The molecule has 16 heavy (non-hydrogen) atoms. The van der Waals surface area contributed by atoms with Gasteiger partial charge in [0.05, 0.1) is 10.6 Å². The zero-order valence-corrected chi connectivity index (χ0v) is 10.8. The normalized spacial score (nSPS) is 20.4. The van der Waals surface area contributed by atoms with E-state index in [1.165, 1.54) is 6.42 Å². The minimum absolute atomic E-state index is 0.0751. The van der Waals surface area contributed by atoms with E-state index in [9.17, 15) is 0 Å². The van der Waals surface area contributed by atoms with Gasteiger partial charge in [-0.3, -0.25) is 0 Å². The molecular formula is C12H20N2OS. The summed E-state index contributed by atoms with van der Waals surface area (Å²) in [7, 11) is 1.80. The van der Waals surface area contributed by atoms with Gasteiger partial charge < -0.3 is 10.5 Å². The minimum Gasteiger partial charge on any atom is -0.378 e. The topological polar surface area (TPSA) is 48.1 Å². The molecule has 3 nitrogen and oxygen atoms in total. The molecule has 1 saturated carbocycles. The Morgan fingerprint density at radius 2 is 2.38 bits per heavy atom. The maximum atomic E-state index is 6.17. The number of nitrogens with two attached hydrogens (primary N) is 1. The summed E-state index contributed by atoms with van der Waals surface area (Å²) in [5, 5.41) is 3.23. The van der Waals surface area contributed by atoms with Crippen LogP contribution in [0.1, 0.15) is 36.4 Å². The fourth-order valence-electron chi connectivity index (χ4n) is 2.33. The molecule has 0 amide bonds. The molecule has 2 rings (SSSR count). The third-order valence-electron chi connectivity index (χ3n) is 3.44. The van der Waals surface area contributed by atoms with Gasteiger partial charge in [-0.25, -0.2) is 4.98 Å². The summed E-state index contributed by atoms with van der Waals surface area (Å²) in [6.07, 6.45) is 5.44. The van der Waals surface area contributed by atoms with Gasteiger partial charge in [0.15, 0.2) is 0 Å². The van der Waals surface area contributed by atoms with E-state index in [0.29, 0.717) is 0 Å². The second kappa shape index (κ2) is 4.82. The molecule has 1 aliphatic rings. The average molecular weight is 240 g/mol. The molecule has 0 bridgehead atoms. The molecule has 2 N–H and O–H groups in total. The molecule has 1 aromatic heterocycles. The Hall–Kier alpha value is -0.450. The molecule has 1 fully saturated rings. The molecule has 90 valence electrons. The number of hydrogen-bond donors (Lipinski definition) is 1. The average Bonchev–Trinajstić information content (AvgIpc) is 2.57. The number of ether oxygens (including phenoxy) is 1. The third kappa shape index (κ3) is 2.62. The fourth-order valence-corrected chi connectivity index (χ4v) is 3.20. The van der Waals surface area contributed by atoms with E-state index in [1.54, 1.807) is 18.4 Å². The zero-order chi connectivity index (χ0) is 11.6. The van der Waals surface area contributed by atoms with Crippen LogP contribution in [0.15, 0.2) is 5.38 Å². The van der Waals surface area contributed by atoms with Crippen molar-refractivity contribution in [2.75, 3.05) is 7.11 Å². The lowest BCUT2D eigenvalue weighted by Crippen LogP contribution is -2.44. The predicted octanol–water partition coefficient (Wildman–Crippen LogP) is 2.28. The van der Waals surface area contributed by atoms with E-state index in [2.05, 4.69) is 10.4 Å². The van der Waals surface area contributed by atoms with Crippen molar-refractivity contribution in [1.29, 1.82) is 0 Å². The quantitative estimate of drug-likeness (QED) is 0.859. The lowest BCUT2D eigenvalue weighted by atomic mass is 9.75. The van der Waals surface area contributed by atoms with Crippen molar-refractivity contribution in [1.82, 2.24) is 4.98 Å². The van der Waals surface area contributed by atoms with Crippen LogP contribution < -0.4 is 5.73 Å². The lowest BCUT2D eigenvalue weighted by molar-refractivity contribution is -0.0813. The van der Waals surface area contributed by atoms with Crippen LogP contribution in [0.25, 0.3) is 0 Å². The van der Waals surface area contributed by atoms with E-state index < -0.39 is 0 Å². The summed E-state index contributed by atoms with van der Waals surface area (Å²) in [6, 6.07) is 0.172. The number of aromatic nitrogens is 1. The smallest absolute Gasteiger partial charge is 0.0943 e. The molecular weight excluding hydrogens is 220 g/mol. The molecule has 1 unspecified atom stereocenters. The van der Waals surface area contributed by atoms with Crippen molar-refractivity contribution in [3.05, 3.63) is 16.1 Å². The van der Waals surface area contributed by atoms with Gasteiger partial charge >= 0.3 is 0 Å². The number of aryl methyl sites for hydroxylation is 1. The van der Waals surface area contributed by atoms with Crippen molar-refractivity contribution in [2.24, 2.45) is 5.73 Å². The highest BCUT2D eigenvalue weighted by Crippen LogP contribution is 2.38. The van der Waals surface area contributed by atoms with E-state index in [-0.39, 0.29) is 11.6 Å². The molecule has 1 aliphatic carbocycles. The van der Waals surface area contributed by atoms with Crippen LogP contribution in [0.2, 0.25) is 0 Å². The number of hydrogen-bond acceptors (Lipinski definition) is 4. The zero-order valence-electron chi connectivity index (χ0n) is 10.0. The summed E-state index contributed by atoms with van der Waals surface area (Å²) in [6.45, 7) is 2.02. The van der Waals surface area contributed by atoms with Crippen LogP contribution in [-0.2, 0) is 11.2 Å². The van der Waals surface area contributed by atoms with Crippen molar-refractivity contribution >= 4 is 11.3 Å². The monoisotopic (exact) mass is 240 g/mol. The molecule has 1 atom stereocenters. The minimum atomic E-state index is 0.0751. The molecule has 0 radical (unpaired) electrons. The molecule has 0 spiro atoms. The molecule has 0 aliphatic heterocycles. The number of methoxy groups -OCH3 is 1. The van der Waals surface area contributed by atoms with E-state index in [1.807, 2.05) is 6.92 Å². The number of thiazole rings is 1. The van der Waals surface area contributed by atoms with E-state index in [0.717, 1.165) is 36.4 Å². The summed E-state index contributed by atoms with van der Waals surface area (Å²) in [5.74, 6) is 0. The van der Waals surface area contributed by atoms with Crippen LogP contribution in [-0.4, -0.2) is 23.7 Å². The molecule has 4 heteroatoms. The van der Waals surface area contributed by atoms with Crippen LogP contribution in [0.3, 0.4) is 0 Å². The lowest BCUT2D eigenvalue weighted by Gasteiger charge is -2.42. The van der Waals surface area contributed by atoms with Crippen LogP contribution >= 0.6 is 11.3 Å². The Kier molecular flexibility index (Phi) is 3.62. The van der Waals surface area contributed by atoms with Crippen LogP contribution in [0.4, 0.5) is 0 Å². The molecule has 0 aromatic carbocycles. The van der Waals surface area contributed by atoms with E-state index >= 15 is 0 Å². The summed E-state index contributed by atoms with van der Waals surface area (Å²) in [4.78, 5) is 4.45. The van der Waals surface area contributed by atoms with Gasteiger partial charge in [0.2, 0.25) is 0 Å². The Morgan fingerprint density at radius 3 is 2.81 bits per heavy atom. The standard InChI is InChI=1S/C12H20N2OS/c1-9-8-16-11(14-9)6-10(13)7-12(15-2)4-3-5-12/h8,10H,3-7,13H2,1-2H3. The van der Waals surface area contributed by atoms with Crippen molar-refractivity contribution in [2.45, 2.75) is 50.7 Å². The maximum Gasteiger partial charge on any atom is 0.0943 e. The first-order valence-corrected chi connectivity index (χ1v) is 6.73. The Morgan fingerprint density at radius 1 is 1.62 bits per heavy atom. The SMILES string of the molecule is COC1(CC(N)Cc2nc(C)cs2)CCC1. The van der Waals surface area contributed by atoms with Crippen LogP contribution in [0, 0.1) is 6.92 Å². The first-order valence-electron chi connectivity index (χ1n) is 5.85. The first-order chi connectivity index (χ1) is 7.63. The van der Waals surface area contributed by atoms with Gasteiger partial charge in [0.25, 0.3) is 0 Å². The first kappa shape index (κ1) is 12.0. The second-order valence-electron chi connectivity index (χ2n) is 4.79. The van der Waals surface area contributed by atoms with Gasteiger partial charge in [-0.2, -0.15) is 0 Å². The molecule has 0 saturated heterocycles. The highest BCUT2D eigenvalue weighted by molar-refractivity contribution is 7.09. The largest absolute Gasteiger partial charge is 0.378 e.